The highest BCUT2D eigenvalue weighted by atomic mass is 32.2. The molecule has 1 aliphatic heterocycles. The van der Waals surface area contributed by atoms with E-state index in [4.69, 9.17) is 0 Å². The Morgan fingerprint density at radius 3 is 2.95 bits per heavy atom. The zero-order valence-electron chi connectivity index (χ0n) is 10.6. The first kappa shape index (κ1) is 12.4. The Morgan fingerprint density at radius 1 is 1.42 bits per heavy atom. The minimum atomic E-state index is -3.14. The fourth-order valence-corrected chi connectivity index (χ4v) is 4.18. The Morgan fingerprint density at radius 2 is 2.21 bits per heavy atom. The normalized spacial score (nSPS) is 20.4. The minimum absolute atomic E-state index is 0.128. The summed E-state index contributed by atoms with van der Waals surface area (Å²) in [6, 6.07) is 7.04. The first-order valence-electron chi connectivity index (χ1n) is 6.12. The highest BCUT2D eigenvalue weighted by Gasteiger charge is 2.33. The molecule has 0 bridgehead atoms. The molecule has 100 valence electrons. The van der Waals surface area contributed by atoms with Crippen molar-refractivity contribution in [2.24, 2.45) is 0 Å². The molecule has 0 fully saturated rings. The number of nitrogens with zero attached hydrogens (tertiary/aromatic N) is 1. The van der Waals surface area contributed by atoms with E-state index < -0.39 is 9.84 Å². The highest BCUT2D eigenvalue weighted by Crippen LogP contribution is 2.33. The lowest BCUT2D eigenvalue weighted by molar-refractivity contribution is 0.565. The number of aromatic nitrogens is 2. The molecule has 5 nitrogen and oxygen atoms in total. The Balaban J connectivity index is 1.83. The van der Waals surface area contributed by atoms with Crippen molar-refractivity contribution in [2.75, 3.05) is 5.75 Å². The maximum atomic E-state index is 12.0. The second-order valence-corrected chi connectivity index (χ2v) is 6.78. The zero-order chi connectivity index (χ0) is 13.5. The molecule has 0 radical (unpaired) electrons. The van der Waals surface area contributed by atoms with Gasteiger partial charge in [-0.3, -0.25) is 5.10 Å². The van der Waals surface area contributed by atoms with Crippen molar-refractivity contribution >= 4 is 9.84 Å². The van der Waals surface area contributed by atoms with Crippen molar-refractivity contribution in [3.63, 3.8) is 0 Å². The molecule has 2 heterocycles. The molecule has 1 aliphatic rings. The van der Waals surface area contributed by atoms with Gasteiger partial charge in [0.2, 0.25) is 0 Å². The molecule has 3 rings (SSSR count). The lowest BCUT2D eigenvalue weighted by Gasteiger charge is -2.12. The van der Waals surface area contributed by atoms with Crippen LogP contribution in [0.4, 0.5) is 0 Å². The third-order valence-corrected chi connectivity index (χ3v) is 5.30. The predicted molar refractivity (Wildman–Crippen MR) is 71.4 cm³/mol. The predicted octanol–water partition coefficient (Wildman–Crippen LogP) is 1.34. The van der Waals surface area contributed by atoms with E-state index in [9.17, 15) is 8.42 Å². The fraction of sp³-hybridized carbons (Fsp3) is 0.308. The lowest BCUT2D eigenvalue weighted by atomic mass is 10.1. The Hall–Kier alpha value is -1.66. The average molecular weight is 277 g/mol. The van der Waals surface area contributed by atoms with E-state index in [1.54, 1.807) is 18.3 Å². The number of nitrogens with one attached hydrogen (secondary N) is 2. The van der Waals surface area contributed by atoms with E-state index in [2.05, 4.69) is 15.5 Å². The van der Waals surface area contributed by atoms with Crippen LogP contribution in [0.3, 0.4) is 0 Å². The van der Waals surface area contributed by atoms with Crippen molar-refractivity contribution < 1.29 is 8.42 Å². The van der Waals surface area contributed by atoms with E-state index in [1.165, 1.54) is 0 Å². The summed E-state index contributed by atoms with van der Waals surface area (Å²) in [4.78, 5) is 0.455. The van der Waals surface area contributed by atoms with Gasteiger partial charge in [0.05, 0.1) is 16.8 Å². The van der Waals surface area contributed by atoms with Crippen molar-refractivity contribution in [3.05, 3.63) is 47.3 Å². The van der Waals surface area contributed by atoms with Gasteiger partial charge in [-0.2, -0.15) is 5.10 Å². The summed E-state index contributed by atoms with van der Waals surface area (Å²) >= 11 is 0. The maximum absolute atomic E-state index is 12.0. The monoisotopic (exact) mass is 277 g/mol. The maximum Gasteiger partial charge on any atom is 0.180 e. The van der Waals surface area contributed by atoms with Crippen LogP contribution in [0.5, 0.6) is 0 Å². The van der Waals surface area contributed by atoms with Gasteiger partial charge in [0, 0.05) is 23.8 Å². The molecule has 0 aliphatic carbocycles. The van der Waals surface area contributed by atoms with E-state index >= 15 is 0 Å². The number of hydrogen-bond donors (Lipinski definition) is 2. The van der Waals surface area contributed by atoms with Gasteiger partial charge in [-0.1, -0.05) is 18.2 Å². The Kier molecular flexibility index (Phi) is 2.91. The minimum Gasteiger partial charge on any atom is -0.305 e. The molecule has 0 saturated heterocycles. The summed E-state index contributed by atoms with van der Waals surface area (Å²) in [6.45, 7) is 2.56. The second-order valence-electron chi connectivity index (χ2n) is 4.77. The zero-order valence-corrected chi connectivity index (χ0v) is 11.4. The Bertz CT molecular complexity index is 706. The van der Waals surface area contributed by atoms with Crippen LogP contribution < -0.4 is 5.32 Å². The summed E-state index contributed by atoms with van der Waals surface area (Å²) < 4.78 is 24.1. The molecule has 1 aromatic heterocycles. The van der Waals surface area contributed by atoms with Gasteiger partial charge in [0.25, 0.3) is 0 Å². The Labute approximate surface area is 112 Å². The summed E-state index contributed by atoms with van der Waals surface area (Å²) in [5.74, 6) is 0.128. The fourth-order valence-electron chi connectivity index (χ4n) is 2.41. The molecule has 1 aromatic carbocycles. The largest absolute Gasteiger partial charge is 0.305 e. The van der Waals surface area contributed by atoms with Crippen LogP contribution in [0.1, 0.15) is 22.9 Å². The van der Waals surface area contributed by atoms with E-state index in [1.807, 2.05) is 19.1 Å². The number of benzene rings is 1. The molecule has 0 amide bonds. The quantitative estimate of drug-likeness (QED) is 0.887. The average Bonchev–Trinajstić information content (AvgIpc) is 2.90. The molecule has 0 spiro atoms. The van der Waals surface area contributed by atoms with Crippen LogP contribution in [0, 0.1) is 6.92 Å². The van der Waals surface area contributed by atoms with Gasteiger partial charge in [-0.25, -0.2) is 8.42 Å². The number of hydrogen-bond acceptors (Lipinski definition) is 4. The van der Waals surface area contributed by atoms with Crippen LogP contribution in [0.25, 0.3) is 0 Å². The summed E-state index contributed by atoms with van der Waals surface area (Å²) in [7, 11) is -3.14. The number of aromatic amines is 1. The van der Waals surface area contributed by atoms with Gasteiger partial charge >= 0.3 is 0 Å². The van der Waals surface area contributed by atoms with Gasteiger partial charge in [0.1, 0.15) is 0 Å². The number of H-pyrrole nitrogens is 1. The number of fused-ring (bicyclic) bond motifs is 1. The van der Waals surface area contributed by atoms with Crippen LogP contribution in [0.2, 0.25) is 0 Å². The van der Waals surface area contributed by atoms with Crippen LogP contribution in [-0.2, 0) is 16.4 Å². The smallest absolute Gasteiger partial charge is 0.180 e. The summed E-state index contributed by atoms with van der Waals surface area (Å²) in [5, 5.41) is 10.1. The highest BCUT2D eigenvalue weighted by molar-refractivity contribution is 7.91. The lowest BCUT2D eigenvalue weighted by Crippen LogP contribution is -2.22. The van der Waals surface area contributed by atoms with Crippen LogP contribution in [0.15, 0.2) is 35.4 Å². The first-order valence-corrected chi connectivity index (χ1v) is 7.77. The SMILES string of the molecule is Cc1[nH]ncc1CNC1CS(=O)(=O)c2ccccc21. The summed E-state index contributed by atoms with van der Waals surface area (Å²) in [6.07, 6.45) is 1.76. The molecule has 1 unspecified atom stereocenters. The van der Waals surface area contributed by atoms with Crippen molar-refractivity contribution in [2.45, 2.75) is 24.4 Å². The van der Waals surface area contributed by atoms with Gasteiger partial charge in [0.15, 0.2) is 9.84 Å². The van der Waals surface area contributed by atoms with Crippen LogP contribution >= 0.6 is 0 Å². The van der Waals surface area contributed by atoms with Gasteiger partial charge in [-0.05, 0) is 18.6 Å². The second kappa shape index (κ2) is 4.47. The molecule has 19 heavy (non-hydrogen) atoms. The van der Waals surface area contributed by atoms with Crippen molar-refractivity contribution in [1.82, 2.24) is 15.5 Å². The first-order chi connectivity index (χ1) is 9.08. The number of rotatable bonds is 3. The van der Waals surface area contributed by atoms with E-state index in [0.29, 0.717) is 11.4 Å². The molecule has 1 atom stereocenters. The van der Waals surface area contributed by atoms with Crippen molar-refractivity contribution in [1.29, 1.82) is 0 Å². The molecule has 2 aromatic rings. The number of sulfone groups is 1. The molecule has 6 heteroatoms. The van der Waals surface area contributed by atoms with Crippen LogP contribution in [-0.4, -0.2) is 24.4 Å². The molecule has 0 saturated carbocycles. The van der Waals surface area contributed by atoms with Gasteiger partial charge < -0.3 is 5.32 Å². The van der Waals surface area contributed by atoms with E-state index in [-0.39, 0.29) is 11.8 Å². The molecular formula is C13H15N3O2S. The third kappa shape index (κ3) is 2.17. The topological polar surface area (TPSA) is 74.8 Å². The van der Waals surface area contributed by atoms with Gasteiger partial charge in [-0.15, -0.1) is 0 Å². The number of aryl methyl sites for hydroxylation is 1. The third-order valence-electron chi connectivity index (χ3n) is 3.49. The van der Waals surface area contributed by atoms with Crippen molar-refractivity contribution in [3.8, 4) is 0 Å². The molecular weight excluding hydrogens is 262 g/mol. The standard InChI is InChI=1S/C13H15N3O2S/c1-9-10(7-15-16-9)6-14-12-8-19(17,18)13-5-3-2-4-11(12)13/h2-5,7,12,14H,6,8H2,1H3,(H,15,16). The summed E-state index contributed by atoms with van der Waals surface area (Å²) in [5.41, 5.74) is 2.92. The molecule has 2 N–H and O–H groups in total. The van der Waals surface area contributed by atoms with E-state index in [0.717, 1.165) is 16.8 Å².